The van der Waals surface area contributed by atoms with Gasteiger partial charge in [-0.05, 0) is 0 Å². The number of rotatable bonds is 4. The number of ketones is 1. The van der Waals surface area contributed by atoms with Crippen LogP contribution in [0, 0.1) is 0 Å². The summed E-state index contributed by atoms with van der Waals surface area (Å²) in [7, 11) is 0. The van der Waals surface area contributed by atoms with Crippen LogP contribution in [0.1, 0.15) is 0 Å². The van der Waals surface area contributed by atoms with Crippen LogP contribution in [0.4, 0.5) is 0 Å². The third-order valence-electron chi connectivity index (χ3n) is 0.888. The predicted molar refractivity (Wildman–Crippen MR) is 58.0 cm³/mol. The van der Waals surface area contributed by atoms with Gasteiger partial charge in [-0.2, -0.15) is 0 Å². The van der Waals surface area contributed by atoms with Crippen LogP contribution in [-0.2, 0) is 4.79 Å². The number of hydrogen-bond donors (Lipinski definition) is 0. The summed E-state index contributed by atoms with van der Waals surface area (Å²) in [5.41, 5.74) is 0. The molecule has 0 radical (unpaired) electrons. The largest absolute Gasteiger partial charge is 0.297 e. The number of carbonyl (C=O) groups excluding carboxylic acids is 1. The molecule has 0 saturated heterocycles. The van der Waals surface area contributed by atoms with Crippen LogP contribution < -0.4 is 0 Å². The minimum Gasteiger partial charge on any atom is -0.297 e. The highest BCUT2D eigenvalue weighted by Crippen LogP contribution is 2.14. The normalized spacial score (nSPS) is 16.4. The van der Waals surface area contributed by atoms with E-state index >= 15 is 0 Å². The lowest BCUT2D eigenvalue weighted by Crippen LogP contribution is -2.25. The summed E-state index contributed by atoms with van der Waals surface area (Å²) in [6.45, 7) is 0. The molecular weight excluding hydrogens is 396 g/mol. The van der Waals surface area contributed by atoms with E-state index in [4.69, 9.17) is 0 Å². The van der Waals surface area contributed by atoms with Gasteiger partial charge in [0.05, 0.1) is 9.65 Å². The molecule has 0 heterocycles. The third-order valence-corrected chi connectivity index (χ3v) is 5.47. The summed E-state index contributed by atoms with van der Waals surface area (Å²) < 4.78 is 0. The number of halogens is 4. The van der Waals surface area contributed by atoms with Crippen LogP contribution >= 0.6 is 63.7 Å². The molecule has 0 amide bonds. The highest BCUT2D eigenvalue weighted by molar-refractivity contribution is 9.13. The fourth-order valence-corrected chi connectivity index (χ4v) is 1.98. The lowest BCUT2D eigenvalue weighted by atomic mass is 10.2. The Hall–Kier alpha value is 1.59. The predicted octanol–water partition coefficient (Wildman–Crippen LogP) is 2.87. The second-order valence-corrected chi connectivity index (χ2v) is 5.15. The van der Waals surface area contributed by atoms with Crippen LogP contribution in [0.5, 0.6) is 0 Å². The first-order chi connectivity index (χ1) is 4.63. The molecule has 2 unspecified atom stereocenters. The van der Waals surface area contributed by atoms with Crippen molar-refractivity contribution in [2.45, 2.75) is 9.65 Å². The highest BCUT2D eigenvalue weighted by Gasteiger charge is 2.20. The minimum absolute atomic E-state index is 0.0885. The maximum Gasteiger partial charge on any atom is 0.161 e. The summed E-state index contributed by atoms with van der Waals surface area (Å²) >= 11 is 12.9. The van der Waals surface area contributed by atoms with E-state index in [1.807, 2.05) is 0 Å². The molecule has 5 heteroatoms. The van der Waals surface area contributed by atoms with Gasteiger partial charge in [0.2, 0.25) is 0 Å². The van der Waals surface area contributed by atoms with Gasteiger partial charge in [-0.1, -0.05) is 63.7 Å². The smallest absolute Gasteiger partial charge is 0.161 e. The number of carbonyl (C=O) groups is 1. The van der Waals surface area contributed by atoms with Crippen molar-refractivity contribution in [1.82, 2.24) is 0 Å². The maximum atomic E-state index is 11.2. The summed E-state index contributed by atoms with van der Waals surface area (Å²) in [5, 5.41) is 1.31. The van der Waals surface area contributed by atoms with Gasteiger partial charge in [-0.25, -0.2) is 0 Å². The van der Waals surface area contributed by atoms with E-state index in [0.717, 1.165) is 0 Å². The van der Waals surface area contributed by atoms with E-state index in [1.165, 1.54) is 0 Å². The maximum absolute atomic E-state index is 11.2. The fourth-order valence-electron chi connectivity index (χ4n) is 0.348. The fraction of sp³-hybridized carbons (Fsp3) is 0.800. The molecule has 2 atom stereocenters. The van der Waals surface area contributed by atoms with Crippen molar-refractivity contribution in [3.8, 4) is 0 Å². The molecule has 0 rings (SSSR count). The Labute approximate surface area is 93.8 Å². The summed E-state index contributed by atoms with van der Waals surface area (Å²) in [6.07, 6.45) is 0. The zero-order valence-corrected chi connectivity index (χ0v) is 11.3. The Morgan fingerprint density at radius 2 is 1.40 bits per heavy atom. The monoisotopic (exact) mass is 398 g/mol. The van der Waals surface area contributed by atoms with Crippen molar-refractivity contribution >= 4 is 69.5 Å². The van der Waals surface area contributed by atoms with Gasteiger partial charge in [0.15, 0.2) is 5.78 Å². The van der Waals surface area contributed by atoms with Gasteiger partial charge >= 0.3 is 0 Å². The van der Waals surface area contributed by atoms with Crippen molar-refractivity contribution in [3.05, 3.63) is 0 Å². The van der Waals surface area contributed by atoms with Gasteiger partial charge < -0.3 is 0 Å². The van der Waals surface area contributed by atoms with E-state index < -0.39 is 0 Å². The molecular formula is C5H6Br4O. The van der Waals surface area contributed by atoms with Crippen LogP contribution in [0.2, 0.25) is 0 Å². The Balaban J connectivity index is 3.82. The van der Waals surface area contributed by atoms with Gasteiger partial charge in [-0.3, -0.25) is 4.79 Å². The molecule has 60 valence electrons. The summed E-state index contributed by atoms with van der Waals surface area (Å²) in [6, 6.07) is 0. The van der Waals surface area contributed by atoms with Crippen LogP contribution in [-0.4, -0.2) is 26.1 Å². The second kappa shape index (κ2) is 6.14. The first-order valence-electron chi connectivity index (χ1n) is 2.57. The Kier molecular flexibility index (Phi) is 7.12. The second-order valence-electron chi connectivity index (χ2n) is 1.65. The molecule has 0 N–H and O–H groups in total. The Bertz CT molecular complexity index is 104. The average Bonchev–Trinajstić information content (AvgIpc) is 2.00. The molecule has 0 aromatic heterocycles. The molecule has 0 saturated carbocycles. The molecule has 0 aliphatic heterocycles. The van der Waals surface area contributed by atoms with E-state index in [-0.39, 0.29) is 15.4 Å². The quantitative estimate of drug-likeness (QED) is 0.662. The van der Waals surface area contributed by atoms with Crippen molar-refractivity contribution in [2.75, 3.05) is 10.7 Å². The molecule has 0 aliphatic carbocycles. The molecule has 1 nitrogen and oxygen atoms in total. The number of Topliss-reactive ketones (excluding diaryl/α,β-unsaturated/α-hetero) is 1. The number of alkyl halides is 4. The van der Waals surface area contributed by atoms with Gasteiger partial charge in [0, 0.05) is 10.7 Å². The van der Waals surface area contributed by atoms with Crippen molar-refractivity contribution in [1.29, 1.82) is 0 Å². The lowest BCUT2D eigenvalue weighted by molar-refractivity contribution is -0.117. The SMILES string of the molecule is O=C(C(Br)CBr)C(Br)CBr. The molecule has 0 bridgehead atoms. The zero-order chi connectivity index (χ0) is 8.15. The molecule has 0 fully saturated rings. The van der Waals surface area contributed by atoms with Gasteiger partial charge in [0.1, 0.15) is 0 Å². The van der Waals surface area contributed by atoms with Gasteiger partial charge in [0.25, 0.3) is 0 Å². The lowest BCUT2D eigenvalue weighted by Gasteiger charge is -2.07. The molecule has 0 aromatic rings. The Morgan fingerprint density at radius 3 is 1.60 bits per heavy atom. The van der Waals surface area contributed by atoms with E-state index in [9.17, 15) is 4.79 Å². The molecule has 0 spiro atoms. The van der Waals surface area contributed by atoms with E-state index in [2.05, 4.69) is 63.7 Å². The highest BCUT2D eigenvalue weighted by atomic mass is 79.9. The summed E-state index contributed by atoms with van der Waals surface area (Å²) in [4.78, 5) is 11.0. The van der Waals surface area contributed by atoms with E-state index in [0.29, 0.717) is 10.7 Å². The first kappa shape index (κ1) is 11.6. The molecule has 0 aromatic carbocycles. The standard InChI is InChI=1S/C5H6Br4O/c6-1-3(8)5(10)4(9)2-7/h3-4H,1-2H2. The zero-order valence-electron chi connectivity index (χ0n) is 4.99. The number of hydrogen-bond acceptors (Lipinski definition) is 1. The Morgan fingerprint density at radius 1 is 1.10 bits per heavy atom. The van der Waals surface area contributed by atoms with E-state index in [1.54, 1.807) is 0 Å². The molecule has 0 aliphatic rings. The van der Waals surface area contributed by atoms with Crippen LogP contribution in [0.3, 0.4) is 0 Å². The average molecular weight is 402 g/mol. The topological polar surface area (TPSA) is 17.1 Å². The van der Waals surface area contributed by atoms with Crippen molar-refractivity contribution in [2.24, 2.45) is 0 Å². The summed E-state index contributed by atoms with van der Waals surface area (Å²) in [5.74, 6) is 0.161. The van der Waals surface area contributed by atoms with Crippen molar-refractivity contribution in [3.63, 3.8) is 0 Å². The van der Waals surface area contributed by atoms with Crippen LogP contribution in [0.25, 0.3) is 0 Å². The van der Waals surface area contributed by atoms with Gasteiger partial charge in [-0.15, -0.1) is 0 Å². The third kappa shape index (κ3) is 3.83. The molecule has 10 heavy (non-hydrogen) atoms. The first-order valence-corrected chi connectivity index (χ1v) is 6.64. The van der Waals surface area contributed by atoms with Crippen LogP contribution in [0.15, 0.2) is 0 Å². The van der Waals surface area contributed by atoms with Crippen molar-refractivity contribution < 1.29 is 4.79 Å². The minimum atomic E-state index is -0.0885.